The lowest BCUT2D eigenvalue weighted by atomic mass is 10.2. The van der Waals surface area contributed by atoms with Gasteiger partial charge in [0.05, 0.1) is 0 Å². The Hall–Kier alpha value is -2.74. The Bertz CT molecular complexity index is 638. The van der Waals surface area contributed by atoms with Gasteiger partial charge in [-0.05, 0) is 39.0 Å². The molecule has 0 bridgehead atoms. The van der Waals surface area contributed by atoms with Gasteiger partial charge in [0.2, 0.25) is 0 Å². The lowest BCUT2D eigenvalue weighted by molar-refractivity contribution is -0.119. The van der Waals surface area contributed by atoms with E-state index in [1.807, 2.05) is 0 Å². The number of benzene rings is 1. The topological polar surface area (TPSA) is 58.6 Å². The lowest BCUT2D eigenvalue weighted by Crippen LogP contribution is -2.45. The van der Waals surface area contributed by atoms with Crippen molar-refractivity contribution in [1.29, 1.82) is 0 Å². The van der Waals surface area contributed by atoms with E-state index in [1.165, 1.54) is 18.0 Å². The van der Waals surface area contributed by atoms with E-state index in [0.29, 0.717) is 11.3 Å². The van der Waals surface area contributed by atoms with Crippen molar-refractivity contribution in [1.82, 2.24) is 4.90 Å². The van der Waals surface area contributed by atoms with Crippen molar-refractivity contribution in [3.8, 4) is 12.3 Å². The number of likely N-dealkylation sites (N-methyl/N-ethyl adjacent to an activating group) is 1. The molecule has 0 saturated heterocycles. The number of hydrogen-bond acceptors (Lipinski definition) is 3. The van der Waals surface area contributed by atoms with Crippen LogP contribution in [0.3, 0.4) is 0 Å². The zero-order valence-electron chi connectivity index (χ0n) is 13.9. The van der Waals surface area contributed by atoms with E-state index in [-0.39, 0.29) is 0 Å². The van der Waals surface area contributed by atoms with Crippen molar-refractivity contribution in [3.63, 3.8) is 0 Å². The molecule has 0 aliphatic heterocycles. The summed E-state index contributed by atoms with van der Waals surface area (Å²) in [4.78, 5) is 25.6. The van der Waals surface area contributed by atoms with Gasteiger partial charge < -0.3 is 10.1 Å². The van der Waals surface area contributed by atoms with Crippen molar-refractivity contribution >= 4 is 17.7 Å². The molecule has 0 saturated carbocycles. The third-order valence-electron chi connectivity index (χ3n) is 2.89. The second-order valence-electron chi connectivity index (χ2n) is 5.99. The van der Waals surface area contributed by atoms with Crippen LogP contribution in [0.25, 0.3) is 0 Å². The average molecular weight is 314 g/mol. The van der Waals surface area contributed by atoms with E-state index in [4.69, 9.17) is 11.2 Å². The number of terminal acetylenes is 1. The first kappa shape index (κ1) is 18.3. The molecule has 0 aromatic heterocycles. The molecule has 122 valence electrons. The summed E-state index contributed by atoms with van der Waals surface area (Å²) in [6, 6.07) is 6.02. The third-order valence-corrected chi connectivity index (χ3v) is 2.89. The summed E-state index contributed by atoms with van der Waals surface area (Å²) in [5.41, 5.74) is 0.558. The molecular weight excluding hydrogens is 292 g/mol. The molecule has 2 amide bonds. The van der Waals surface area contributed by atoms with Gasteiger partial charge in [-0.25, -0.2) is 4.79 Å². The molecule has 0 aliphatic carbocycles. The number of ether oxygens (including phenoxy) is 1. The summed E-state index contributed by atoms with van der Waals surface area (Å²) in [5.74, 6) is 2.09. The summed E-state index contributed by atoms with van der Waals surface area (Å²) >= 11 is 0. The van der Waals surface area contributed by atoms with Crippen LogP contribution in [0.15, 0.2) is 36.9 Å². The second-order valence-corrected chi connectivity index (χ2v) is 5.99. The van der Waals surface area contributed by atoms with E-state index in [2.05, 4.69) is 17.8 Å². The number of carbonyl (C=O) groups excluding carboxylic acids is 2. The fourth-order valence-electron chi connectivity index (χ4n) is 1.79. The van der Waals surface area contributed by atoms with E-state index in [0.717, 1.165) is 0 Å². The van der Waals surface area contributed by atoms with Gasteiger partial charge in [-0.1, -0.05) is 18.1 Å². The number of rotatable bonds is 4. The van der Waals surface area contributed by atoms with Gasteiger partial charge >= 0.3 is 6.09 Å². The summed E-state index contributed by atoms with van der Waals surface area (Å²) in [5, 5.41) is 2.71. The van der Waals surface area contributed by atoms with Crippen molar-refractivity contribution in [2.75, 3.05) is 12.4 Å². The fraction of sp³-hybridized carbons (Fsp3) is 0.333. The summed E-state index contributed by atoms with van der Waals surface area (Å²) in [6.07, 6.45) is 6.11. The Morgan fingerprint density at radius 1 is 1.43 bits per heavy atom. The van der Waals surface area contributed by atoms with Gasteiger partial charge in [0.25, 0.3) is 5.91 Å². The molecule has 1 rings (SSSR count). The smallest absolute Gasteiger partial charge is 0.410 e. The molecule has 1 aromatic rings. The van der Waals surface area contributed by atoms with Crippen LogP contribution >= 0.6 is 0 Å². The number of carbonyl (C=O) groups is 2. The fourth-order valence-corrected chi connectivity index (χ4v) is 1.79. The molecule has 23 heavy (non-hydrogen) atoms. The van der Waals surface area contributed by atoms with Crippen LogP contribution in [0.5, 0.6) is 0 Å². The number of nitrogens with one attached hydrogen (secondary N) is 1. The highest BCUT2D eigenvalue weighted by Crippen LogP contribution is 2.14. The van der Waals surface area contributed by atoms with Gasteiger partial charge in [-0.15, -0.1) is 13.0 Å². The maximum atomic E-state index is 12.4. The summed E-state index contributed by atoms with van der Waals surface area (Å²) < 4.78 is 5.25. The van der Waals surface area contributed by atoms with Gasteiger partial charge in [0, 0.05) is 18.3 Å². The van der Waals surface area contributed by atoms with Crippen LogP contribution in [-0.2, 0) is 9.53 Å². The molecule has 1 atom stereocenters. The molecule has 0 aliphatic rings. The lowest BCUT2D eigenvalue weighted by Gasteiger charge is -2.28. The standard InChI is InChI=1S/C18H22N2O3/c1-7-13-10-9-11-14(12-13)19-16(21)15(8-2)20(6)17(22)23-18(3,4)5/h1,8-12,15H,2H2,3-6H3,(H,19,21)/t15-/m0/s1. The maximum absolute atomic E-state index is 12.4. The Balaban J connectivity index is 2.84. The first-order valence-corrected chi connectivity index (χ1v) is 7.14. The predicted octanol–water partition coefficient (Wildman–Crippen LogP) is 3.03. The van der Waals surface area contributed by atoms with Gasteiger partial charge in [0.1, 0.15) is 11.6 Å². The summed E-state index contributed by atoms with van der Waals surface area (Å²) in [7, 11) is 1.48. The summed E-state index contributed by atoms with van der Waals surface area (Å²) in [6.45, 7) is 8.89. The van der Waals surface area contributed by atoms with Gasteiger partial charge in [0.15, 0.2) is 0 Å². The molecule has 0 unspecified atom stereocenters. The number of hydrogen-bond donors (Lipinski definition) is 1. The first-order chi connectivity index (χ1) is 10.7. The SMILES string of the molecule is C#Cc1cccc(NC(=O)[C@H](C=C)N(C)C(=O)OC(C)(C)C)c1. The minimum Gasteiger partial charge on any atom is -0.444 e. The van der Waals surface area contributed by atoms with E-state index in [9.17, 15) is 9.59 Å². The third kappa shape index (κ3) is 5.51. The highest BCUT2D eigenvalue weighted by molar-refractivity contribution is 5.97. The molecular formula is C18H22N2O3. The van der Waals surface area contributed by atoms with Crippen molar-refractivity contribution in [2.45, 2.75) is 32.4 Å². The molecule has 0 radical (unpaired) electrons. The minimum atomic E-state index is -0.862. The molecule has 1 aromatic carbocycles. The molecule has 0 spiro atoms. The Morgan fingerprint density at radius 3 is 2.61 bits per heavy atom. The van der Waals surface area contributed by atoms with Crippen LogP contribution in [0, 0.1) is 12.3 Å². The Labute approximate surface area is 137 Å². The van der Waals surface area contributed by atoms with E-state index >= 15 is 0 Å². The predicted molar refractivity (Wildman–Crippen MR) is 91.0 cm³/mol. The van der Waals surface area contributed by atoms with Gasteiger partial charge in [-0.2, -0.15) is 0 Å². The van der Waals surface area contributed by atoms with Crippen LogP contribution < -0.4 is 5.32 Å². The molecule has 5 nitrogen and oxygen atoms in total. The monoisotopic (exact) mass is 314 g/mol. The van der Waals surface area contributed by atoms with Crippen molar-refractivity contribution in [2.24, 2.45) is 0 Å². The van der Waals surface area contributed by atoms with E-state index < -0.39 is 23.6 Å². The van der Waals surface area contributed by atoms with Crippen LogP contribution in [-0.4, -0.2) is 35.6 Å². The number of amides is 2. The van der Waals surface area contributed by atoms with Crippen molar-refractivity contribution < 1.29 is 14.3 Å². The van der Waals surface area contributed by atoms with Crippen LogP contribution in [0.4, 0.5) is 10.5 Å². The molecule has 5 heteroatoms. The van der Waals surface area contributed by atoms with E-state index in [1.54, 1.807) is 45.0 Å². The zero-order valence-corrected chi connectivity index (χ0v) is 13.9. The Morgan fingerprint density at radius 2 is 2.09 bits per heavy atom. The largest absolute Gasteiger partial charge is 0.444 e. The van der Waals surface area contributed by atoms with Gasteiger partial charge in [-0.3, -0.25) is 9.69 Å². The average Bonchev–Trinajstić information content (AvgIpc) is 2.46. The number of nitrogens with zero attached hydrogens (tertiary/aromatic N) is 1. The molecule has 1 N–H and O–H groups in total. The highest BCUT2D eigenvalue weighted by Gasteiger charge is 2.28. The zero-order chi connectivity index (χ0) is 17.6. The van der Waals surface area contributed by atoms with Crippen LogP contribution in [0.2, 0.25) is 0 Å². The first-order valence-electron chi connectivity index (χ1n) is 7.14. The van der Waals surface area contributed by atoms with Crippen LogP contribution in [0.1, 0.15) is 26.3 Å². The quantitative estimate of drug-likeness (QED) is 0.686. The normalized spacial score (nSPS) is 11.8. The van der Waals surface area contributed by atoms with Crippen molar-refractivity contribution in [3.05, 3.63) is 42.5 Å². The second kappa shape index (κ2) is 7.50. The molecule has 0 heterocycles. The maximum Gasteiger partial charge on any atom is 0.410 e. The Kier molecular flexibility index (Phi) is 5.97. The molecule has 0 fully saturated rings. The number of anilines is 1. The minimum absolute atomic E-state index is 0.400. The highest BCUT2D eigenvalue weighted by atomic mass is 16.6.